The van der Waals surface area contributed by atoms with Gasteiger partial charge in [0.05, 0.1) is 5.69 Å². The lowest BCUT2D eigenvalue weighted by molar-refractivity contribution is 0.495. The van der Waals surface area contributed by atoms with Gasteiger partial charge in [-0.05, 0) is 53.8 Å². The lowest BCUT2D eigenvalue weighted by Gasteiger charge is -2.36. The zero-order valence-corrected chi connectivity index (χ0v) is 18.8. The van der Waals surface area contributed by atoms with Crippen LogP contribution in [0.5, 0.6) is 0 Å². The number of rotatable bonds is 5. The molecule has 0 amide bonds. The van der Waals surface area contributed by atoms with Gasteiger partial charge in [0.1, 0.15) is 5.54 Å². The van der Waals surface area contributed by atoms with Crippen LogP contribution in [0.3, 0.4) is 0 Å². The van der Waals surface area contributed by atoms with E-state index in [2.05, 4.69) is 56.3 Å². The van der Waals surface area contributed by atoms with Crippen LogP contribution in [-0.2, 0) is 5.54 Å². The maximum atomic E-state index is 14.1. The lowest BCUT2D eigenvalue weighted by atomic mass is 9.77. The quantitative estimate of drug-likeness (QED) is 0.310. The lowest BCUT2D eigenvalue weighted by Crippen LogP contribution is -2.44. The van der Waals surface area contributed by atoms with E-state index in [4.69, 9.17) is 0 Å². The summed E-state index contributed by atoms with van der Waals surface area (Å²) in [4.78, 5) is 14.1. The zero-order chi connectivity index (χ0) is 22.8. The van der Waals surface area contributed by atoms with Crippen molar-refractivity contribution in [1.82, 2.24) is 9.13 Å². The van der Waals surface area contributed by atoms with Gasteiger partial charge in [0.25, 0.3) is 0 Å². The first kappa shape index (κ1) is 20.8. The largest absolute Gasteiger partial charge is 0.334 e. The average molecular weight is 431 g/mol. The molecule has 0 bridgehead atoms. The molecule has 0 fully saturated rings. The van der Waals surface area contributed by atoms with Gasteiger partial charge < -0.3 is 0 Å². The van der Waals surface area contributed by atoms with E-state index in [1.54, 1.807) is 4.57 Å². The minimum absolute atomic E-state index is 0.0865. The summed E-state index contributed by atoms with van der Waals surface area (Å²) in [6.07, 6.45) is 3.78. The summed E-state index contributed by atoms with van der Waals surface area (Å²) < 4.78 is 3.61. The molecule has 0 radical (unpaired) electrons. The van der Waals surface area contributed by atoms with Gasteiger partial charge in [0.2, 0.25) is 0 Å². The van der Waals surface area contributed by atoms with Crippen LogP contribution >= 0.6 is 0 Å². The van der Waals surface area contributed by atoms with Crippen molar-refractivity contribution in [2.24, 2.45) is 0 Å². The molecule has 0 aliphatic rings. The van der Waals surface area contributed by atoms with Crippen molar-refractivity contribution in [3.63, 3.8) is 0 Å². The molecule has 5 aromatic rings. The fraction of sp³-hybridized carbons (Fsp3) is 0.100. The average Bonchev–Trinajstić information content (AvgIpc) is 3.23. The molecular formula is C30H26N2O. The predicted molar refractivity (Wildman–Crippen MR) is 134 cm³/mol. The Kier molecular flexibility index (Phi) is 5.31. The molecule has 5 rings (SSSR count). The van der Waals surface area contributed by atoms with E-state index in [9.17, 15) is 4.79 Å². The summed E-state index contributed by atoms with van der Waals surface area (Å²) in [5.41, 5.74) is 5.32. The van der Waals surface area contributed by atoms with E-state index < -0.39 is 5.54 Å². The van der Waals surface area contributed by atoms with Crippen molar-refractivity contribution in [3.8, 4) is 5.69 Å². The smallest absolute Gasteiger partial charge is 0.280 e. The Bertz CT molecular complexity index is 1310. The van der Waals surface area contributed by atoms with Crippen LogP contribution < -0.4 is 5.69 Å². The first-order chi connectivity index (χ1) is 16.1. The zero-order valence-electron chi connectivity index (χ0n) is 18.8. The molecule has 0 spiro atoms. The second-order valence-corrected chi connectivity index (χ2v) is 8.48. The highest BCUT2D eigenvalue weighted by Gasteiger charge is 2.39. The Morgan fingerprint density at radius 3 is 1.42 bits per heavy atom. The van der Waals surface area contributed by atoms with Crippen LogP contribution in [-0.4, -0.2) is 9.13 Å². The van der Waals surface area contributed by atoms with Gasteiger partial charge in [-0.2, -0.15) is 0 Å². The van der Waals surface area contributed by atoms with Gasteiger partial charge in [-0.1, -0.05) is 97.1 Å². The minimum Gasteiger partial charge on any atom is -0.280 e. The van der Waals surface area contributed by atoms with Crippen molar-refractivity contribution in [2.45, 2.75) is 19.4 Å². The summed E-state index contributed by atoms with van der Waals surface area (Å²) in [6.45, 7) is 4.11. The van der Waals surface area contributed by atoms with Crippen LogP contribution in [0.25, 0.3) is 5.69 Å². The van der Waals surface area contributed by atoms with E-state index in [0.29, 0.717) is 0 Å². The van der Waals surface area contributed by atoms with Gasteiger partial charge in [-0.15, -0.1) is 0 Å². The Balaban J connectivity index is 1.87. The molecule has 4 aromatic carbocycles. The molecule has 1 aromatic heterocycles. The number of hydrogen-bond donors (Lipinski definition) is 0. The Hall–Kier alpha value is -4.11. The maximum Gasteiger partial charge on any atom is 0.334 e. The molecule has 1 heterocycles. The standard InChI is InChI=1S/C30H26N2O/c1-23-20-24(2)22-28(21-23)31-18-19-32(29(31)33)30(25-12-6-3-7-13-25,26-14-8-4-9-15-26)27-16-10-5-11-17-27/h3-22H,1-2H3. The van der Waals surface area contributed by atoms with E-state index in [1.807, 2.05) is 83.7 Å². The molecule has 3 nitrogen and oxygen atoms in total. The normalized spacial score (nSPS) is 11.5. The molecule has 0 atom stereocenters. The molecule has 0 saturated heterocycles. The fourth-order valence-corrected chi connectivity index (χ4v) is 4.87. The third-order valence-electron chi connectivity index (χ3n) is 6.20. The Morgan fingerprint density at radius 2 is 1.00 bits per heavy atom. The van der Waals surface area contributed by atoms with E-state index >= 15 is 0 Å². The number of hydrogen-bond acceptors (Lipinski definition) is 1. The predicted octanol–water partition coefficient (Wildman–Crippen LogP) is 6.10. The molecule has 3 heteroatoms. The van der Waals surface area contributed by atoms with Gasteiger partial charge in [-0.25, -0.2) is 4.79 Å². The SMILES string of the molecule is Cc1cc(C)cc(-n2ccn(C(c3ccccc3)(c3ccccc3)c3ccccc3)c2=O)c1. The summed E-state index contributed by atoms with van der Waals surface area (Å²) in [7, 11) is 0. The monoisotopic (exact) mass is 430 g/mol. The number of aromatic nitrogens is 2. The second kappa shape index (κ2) is 8.44. The number of imidazole rings is 1. The van der Waals surface area contributed by atoms with Gasteiger partial charge in [0.15, 0.2) is 0 Å². The van der Waals surface area contributed by atoms with Gasteiger partial charge >= 0.3 is 5.69 Å². The molecule has 33 heavy (non-hydrogen) atoms. The second-order valence-electron chi connectivity index (χ2n) is 8.48. The first-order valence-corrected chi connectivity index (χ1v) is 11.2. The van der Waals surface area contributed by atoms with E-state index in [1.165, 1.54) is 0 Å². The summed E-state index contributed by atoms with van der Waals surface area (Å²) in [5, 5.41) is 0. The number of benzene rings is 4. The van der Waals surface area contributed by atoms with Crippen LogP contribution in [0.1, 0.15) is 27.8 Å². The maximum absolute atomic E-state index is 14.1. The van der Waals surface area contributed by atoms with Crippen molar-refractivity contribution in [3.05, 3.63) is 160 Å². The molecule has 0 N–H and O–H groups in total. The molecule has 0 saturated carbocycles. The van der Waals surface area contributed by atoms with Crippen molar-refractivity contribution in [1.29, 1.82) is 0 Å². The van der Waals surface area contributed by atoms with Crippen LogP contribution in [0, 0.1) is 13.8 Å². The highest BCUT2D eigenvalue weighted by molar-refractivity contribution is 5.51. The van der Waals surface area contributed by atoms with Crippen LogP contribution in [0.15, 0.2) is 126 Å². The highest BCUT2D eigenvalue weighted by atomic mass is 16.1. The summed E-state index contributed by atoms with van der Waals surface area (Å²) >= 11 is 0. The van der Waals surface area contributed by atoms with Crippen molar-refractivity contribution >= 4 is 0 Å². The highest BCUT2D eigenvalue weighted by Crippen LogP contribution is 2.39. The van der Waals surface area contributed by atoms with Crippen molar-refractivity contribution in [2.75, 3.05) is 0 Å². The van der Waals surface area contributed by atoms with Crippen LogP contribution in [0.2, 0.25) is 0 Å². The van der Waals surface area contributed by atoms with Gasteiger partial charge in [-0.3, -0.25) is 9.13 Å². The number of nitrogens with zero attached hydrogens (tertiary/aromatic N) is 2. The minimum atomic E-state index is -0.815. The Morgan fingerprint density at radius 1 is 0.576 bits per heavy atom. The number of aryl methyl sites for hydroxylation is 2. The third-order valence-corrected chi connectivity index (χ3v) is 6.20. The summed E-state index contributed by atoms with van der Waals surface area (Å²) in [5.74, 6) is 0. The van der Waals surface area contributed by atoms with Gasteiger partial charge in [0, 0.05) is 12.4 Å². The van der Waals surface area contributed by atoms with Crippen molar-refractivity contribution < 1.29 is 0 Å². The summed E-state index contributed by atoms with van der Waals surface area (Å²) in [6, 6.07) is 37.0. The van der Waals surface area contributed by atoms with E-state index in [0.717, 1.165) is 33.5 Å². The molecule has 0 aliphatic heterocycles. The fourth-order valence-electron chi connectivity index (χ4n) is 4.87. The first-order valence-electron chi connectivity index (χ1n) is 11.2. The molecule has 0 unspecified atom stereocenters. The Labute approximate surface area is 194 Å². The molecular weight excluding hydrogens is 404 g/mol. The van der Waals surface area contributed by atoms with E-state index in [-0.39, 0.29) is 5.69 Å². The third kappa shape index (κ3) is 3.52. The topological polar surface area (TPSA) is 26.9 Å². The van der Waals surface area contributed by atoms with Crippen LogP contribution in [0.4, 0.5) is 0 Å². The molecule has 0 aliphatic carbocycles. The molecule has 162 valence electrons.